The van der Waals surface area contributed by atoms with E-state index in [0.717, 1.165) is 36.6 Å². The summed E-state index contributed by atoms with van der Waals surface area (Å²) in [5.74, 6) is 0.927. The second kappa shape index (κ2) is 6.43. The number of amides is 1. The Morgan fingerprint density at radius 1 is 1.47 bits per heavy atom. The molecule has 1 aromatic rings. The first-order valence-electron chi connectivity index (χ1n) is 6.63. The van der Waals surface area contributed by atoms with Gasteiger partial charge < -0.3 is 20.3 Å². The van der Waals surface area contributed by atoms with Gasteiger partial charge in [0.1, 0.15) is 12.4 Å². The molecule has 1 aliphatic heterocycles. The third-order valence-corrected chi connectivity index (χ3v) is 3.17. The van der Waals surface area contributed by atoms with Gasteiger partial charge in [-0.1, -0.05) is 0 Å². The molecule has 0 atom stereocenters. The zero-order chi connectivity index (χ0) is 13.7. The van der Waals surface area contributed by atoms with Crippen LogP contribution in [-0.4, -0.2) is 39.7 Å². The number of fused-ring (bicyclic) bond motifs is 1. The number of nitrogens with one attached hydrogen (secondary N) is 2. The van der Waals surface area contributed by atoms with Crippen molar-refractivity contribution >= 4 is 17.3 Å². The minimum atomic E-state index is 0.0505. The van der Waals surface area contributed by atoms with Crippen LogP contribution in [0, 0.1) is 0 Å². The number of hydrogen-bond donors (Lipinski definition) is 2. The first-order chi connectivity index (χ1) is 9.20. The molecule has 0 aliphatic carbocycles. The summed E-state index contributed by atoms with van der Waals surface area (Å²) in [4.78, 5) is 13.9. The molecule has 1 amide bonds. The third-order valence-electron chi connectivity index (χ3n) is 3.17. The molecular formula is C14H21N3O2. The molecule has 0 aromatic heterocycles. The molecule has 0 saturated heterocycles. The molecule has 0 saturated carbocycles. The van der Waals surface area contributed by atoms with E-state index in [1.54, 1.807) is 0 Å². The highest BCUT2D eigenvalue weighted by Gasteiger charge is 2.15. The van der Waals surface area contributed by atoms with Crippen molar-refractivity contribution in [2.24, 2.45) is 0 Å². The zero-order valence-corrected chi connectivity index (χ0v) is 11.5. The van der Waals surface area contributed by atoms with Crippen molar-refractivity contribution in [2.75, 3.05) is 44.0 Å². The molecule has 1 aromatic carbocycles. The Kier molecular flexibility index (Phi) is 4.63. The Hall–Kier alpha value is -1.75. The predicted octanol–water partition coefficient (Wildman–Crippen LogP) is 1.45. The number of carbonyl (C=O) groups is 1. The molecular weight excluding hydrogens is 242 g/mol. The van der Waals surface area contributed by atoms with Gasteiger partial charge in [-0.15, -0.1) is 0 Å². The standard InChI is InChI=1S/C14H21N3O2/c1-15-7-3-4-14(18)16-11-5-6-13-12(10-11)17(2)8-9-19-13/h5-6,10,15H,3-4,7-9H2,1-2H3,(H,16,18). The van der Waals surface area contributed by atoms with Gasteiger partial charge in [0.05, 0.1) is 12.2 Å². The number of benzene rings is 1. The lowest BCUT2D eigenvalue weighted by Crippen LogP contribution is -2.28. The molecule has 0 spiro atoms. The molecule has 19 heavy (non-hydrogen) atoms. The van der Waals surface area contributed by atoms with E-state index < -0.39 is 0 Å². The van der Waals surface area contributed by atoms with Crippen LogP contribution < -0.4 is 20.3 Å². The normalized spacial score (nSPS) is 13.7. The van der Waals surface area contributed by atoms with Gasteiger partial charge in [0, 0.05) is 19.2 Å². The van der Waals surface area contributed by atoms with E-state index in [9.17, 15) is 4.79 Å². The number of hydrogen-bond acceptors (Lipinski definition) is 4. The summed E-state index contributed by atoms with van der Waals surface area (Å²) in [6.07, 6.45) is 1.38. The SMILES string of the molecule is CNCCCC(=O)Nc1ccc2c(c1)N(C)CCO2. The maximum Gasteiger partial charge on any atom is 0.224 e. The van der Waals surface area contributed by atoms with Gasteiger partial charge >= 0.3 is 0 Å². The van der Waals surface area contributed by atoms with Crippen molar-refractivity contribution in [3.05, 3.63) is 18.2 Å². The molecule has 1 aliphatic rings. The average molecular weight is 263 g/mol. The van der Waals surface area contributed by atoms with Gasteiger partial charge in [0.2, 0.25) is 5.91 Å². The summed E-state index contributed by atoms with van der Waals surface area (Å²) in [7, 11) is 3.91. The predicted molar refractivity (Wildman–Crippen MR) is 77.0 cm³/mol. The van der Waals surface area contributed by atoms with Crippen molar-refractivity contribution < 1.29 is 9.53 Å². The van der Waals surface area contributed by atoms with Crippen LogP contribution in [0.25, 0.3) is 0 Å². The third kappa shape index (κ3) is 3.61. The number of ether oxygens (including phenoxy) is 1. The minimum absolute atomic E-state index is 0.0505. The highest BCUT2D eigenvalue weighted by molar-refractivity contribution is 5.91. The molecule has 2 rings (SSSR count). The van der Waals surface area contributed by atoms with Crippen LogP contribution in [0.1, 0.15) is 12.8 Å². The number of nitrogens with zero attached hydrogens (tertiary/aromatic N) is 1. The molecule has 5 heteroatoms. The summed E-state index contributed by atoms with van der Waals surface area (Å²) in [6, 6.07) is 5.76. The Morgan fingerprint density at radius 2 is 2.32 bits per heavy atom. The Bertz CT molecular complexity index is 448. The van der Waals surface area contributed by atoms with Gasteiger partial charge in [-0.05, 0) is 38.2 Å². The molecule has 0 radical (unpaired) electrons. The molecule has 0 bridgehead atoms. The van der Waals surface area contributed by atoms with E-state index in [0.29, 0.717) is 13.0 Å². The van der Waals surface area contributed by atoms with Crippen molar-refractivity contribution in [3.63, 3.8) is 0 Å². The molecule has 2 N–H and O–H groups in total. The fourth-order valence-electron chi connectivity index (χ4n) is 2.08. The first kappa shape index (κ1) is 13.7. The van der Waals surface area contributed by atoms with Crippen molar-refractivity contribution in [2.45, 2.75) is 12.8 Å². The highest BCUT2D eigenvalue weighted by Crippen LogP contribution is 2.33. The van der Waals surface area contributed by atoms with Gasteiger partial charge in [-0.3, -0.25) is 4.79 Å². The molecule has 104 valence electrons. The largest absolute Gasteiger partial charge is 0.490 e. The number of rotatable bonds is 5. The fraction of sp³-hybridized carbons (Fsp3) is 0.500. The van der Waals surface area contributed by atoms with Crippen LogP contribution in [0.2, 0.25) is 0 Å². The molecule has 1 heterocycles. The second-order valence-electron chi connectivity index (χ2n) is 4.71. The summed E-state index contributed by atoms with van der Waals surface area (Å²) in [5.41, 5.74) is 1.85. The van der Waals surface area contributed by atoms with E-state index in [2.05, 4.69) is 15.5 Å². The smallest absolute Gasteiger partial charge is 0.224 e. The number of carbonyl (C=O) groups excluding carboxylic acids is 1. The summed E-state index contributed by atoms with van der Waals surface area (Å²) < 4.78 is 5.57. The monoisotopic (exact) mass is 263 g/mol. The van der Waals surface area contributed by atoms with Crippen molar-refractivity contribution in [1.82, 2.24) is 5.32 Å². The topological polar surface area (TPSA) is 53.6 Å². The minimum Gasteiger partial charge on any atom is -0.490 e. The van der Waals surface area contributed by atoms with Crippen LogP contribution in [0.3, 0.4) is 0 Å². The van der Waals surface area contributed by atoms with Crippen molar-refractivity contribution in [1.29, 1.82) is 0 Å². The van der Waals surface area contributed by atoms with E-state index >= 15 is 0 Å². The van der Waals surface area contributed by atoms with E-state index in [1.165, 1.54) is 0 Å². The lowest BCUT2D eigenvalue weighted by atomic mass is 10.2. The fourth-order valence-corrected chi connectivity index (χ4v) is 2.08. The lowest BCUT2D eigenvalue weighted by Gasteiger charge is -2.28. The highest BCUT2D eigenvalue weighted by atomic mass is 16.5. The zero-order valence-electron chi connectivity index (χ0n) is 11.5. The van der Waals surface area contributed by atoms with Crippen molar-refractivity contribution in [3.8, 4) is 5.75 Å². The van der Waals surface area contributed by atoms with Gasteiger partial charge in [-0.2, -0.15) is 0 Å². The molecule has 0 fully saturated rings. The van der Waals surface area contributed by atoms with Gasteiger partial charge in [0.15, 0.2) is 0 Å². The number of likely N-dealkylation sites (N-methyl/N-ethyl adjacent to an activating group) is 1. The van der Waals surface area contributed by atoms with Crippen LogP contribution in [-0.2, 0) is 4.79 Å². The van der Waals surface area contributed by atoms with Crippen LogP contribution in [0.5, 0.6) is 5.75 Å². The average Bonchev–Trinajstić information content (AvgIpc) is 2.40. The number of anilines is 2. The molecule has 0 unspecified atom stereocenters. The second-order valence-corrected chi connectivity index (χ2v) is 4.71. The Balaban J connectivity index is 1.97. The Morgan fingerprint density at radius 3 is 3.11 bits per heavy atom. The lowest BCUT2D eigenvalue weighted by molar-refractivity contribution is -0.116. The molecule has 5 nitrogen and oxygen atoms in total. The van der Waals surface area contributed by atoms with Gasteiger partial charge in [0.25, 0.3) is 0 Å². The van der Waals surface area contributed by atoms with Gasteiger partial charge in [-0.25, -0.2) is 0 Å². The summed E-state index contributed by atoms with van der Waals surface area (Å²) >= 11 is 0. The van der Waals surface area contributed by atoms with E-state index in [1.807, 2.05) is 32.3 Å². The van der Waals surface area contributed by atoms with Crippen LogP contribution in [0.15, 0.2) is 18.2 Å². The maximum absolute atomic E-state index is 11.8. The van der Waals surface area contributed by atoms with Crippen LogP contribution >= 0.6 is 0 Å². The summed E-state index contributed by atoms with van der Waals surface area (Å²) in [6.45, 7) is 2.43. The summed E-state index contributed by atoms with van der Waals surface area (Å²) in [5, 5.41) is 5.95. The van der Waals surface area contributed by atoms with Crippen LogP contribution in [0.4, 0.5) is 11.4 Å². The Labute approximate surface area is 113 Å². The van der Waals surface area contributed by atoms with E-state index in [-0.39, 0.29) is 5.91 Å². The first-order valence-corrected chi connectivity index (χ1v) is 6.63. The quantitative estimate of drug-likeness (QED) is 0.790. The maximum atomic E-state index is 11.8. The van der Waals surface area contributed by atoms with E-state index in [4.69, 9.17) is 4.74 Å².